The molecule has 0 amide bonds. The number of hydrogen-bond acceptors (Lipinski definition) is 2. The van der Waals surface area contributed by atoms with Crippen LogP contribution >= 0.6 is 12.2 Å². The zero-order valence-corrected chi connectivity index (χ0v) is 18.0. The molecule has 26 heavy (non-hydrogen) atoms. The number of unbranched alkanes of at least 4 members (excludes halogenated alkanes) is 8. The summed E-state index contributed by atoms with van der Waals surface area (Å²) >= 11 is 5.43. The van der Waals surface area contributed by atoms with Crippen molar-refractivity contribution in [1.29, 1.82) is 0 Å². The van der Waals surface area contributed by atoms with Crippen LogP contribution in [0, 0.1) is 0 Å². The number of nitrogens with zero attached hydrogens (tertiary/aromatic N) is 1. The van der Waals surface area contributed by atoms with Crippen molar-refractivity contribution in [2.45, 2.75) is 78.6 Å². The highest BCUT2D eigenvalue weighted by atomic mass is 32.1. The molecule has 0 aromatic heterocycles. The number of thiocarbonyl (C=S) groups is 1. The van der Waals surface area contributed by atoms with Crippen LogP contribution in [0.4, 0.5) is 11.4 Å². The minimum absolute atomic E-state index is 0.723. The standard InChI is InChI=1S/C22H39N3S/c1-4-7-8-9-10-11-12-13-14-18-23-22(26)24-20-16-15-17-21(19-20)25(5-2)6-3/h15-17,19H,4-14,18H2,1-3H3,(H2,23,24,26). The van der Waals surface area contributed by atoms with Gasteiger partial charge in [0.15, 0.2) is 5.11 Å². The lowest BCUT2D eigenvalue weighted by molar-refractivity contribution is 0.563. The predicted molar refractivity (Wildman–Crippen MR) is 121 cm³/mol. The van der Waals surface area contributed by atoms with Gasteiger partial charge in [-0.3, -0.25) is 0 Å². The normalized spacial score (nSPS) is 10.6. The predicted octanol–water partition coefficient (Wildman–Crippen LogP) is 6.35. The molecule has 3 nitrogen and oxygen atoms in total. The van der Waals surface area contributed by atoms with E-state index in [9.17, 15) is 0 Å². The van der Waals surface area contributed by atoms with Gasteiger partial charge in [-0.25, -0.2) is 0 Å². The molecular weight excluding hydrogens is 338 g/mol. The van der Waals surface area contributed by atoms with Gasteiger partial charge < -0.3 is 15.5 Å². The Balaban J connectivity index is 2.14. The first-order valence-corrected chi connectivity index (χ1v) is 11.0. The summed E-state index contributed by atoms with van der Waals surface area (Å²) < 4.78 is 0. The number of benzene rings is 1. The summed E-state index contributed by atoms with van der Waals surface area (Å²) in [6.45, 7) is 9.62. The Bertz CT molecular complexity index is 486. The van der Waals surface area contributed by atoms with E-state index >= 15 is 0 Å². The molecule has 0 unspecified atom stereocenters. The molecule has 0 aliphatic heterocycles. The van der Waals surface area contributed by atoms with Crippen LogP contribution in [-0.2, 0) is 0 Å². The minimum atomic E-state index is 0.723. The van der Waals surface area contributed by atoms with E-state index in [1.807, 2.05) is 0 Å². The van der Waals surface area contributed by atoms with E-state index in [1.54, 1.807) is 0 Å². The van der Waals surface area contributed by atoms with Crippen molar-refractivity contribution in [3.8, 4) is 0 Å². The molecule has 1 aromatic rings. The molecule has 0 atom stereocenters. The smallest absolute Gasteiger partial charge is 0.170 e. The third-order valence-electron chi connectivity index (χ3n) is 4.80. The fourth-order valence-electron chi connectivity index (χ4n) is 3.18. The van der Waals surface area contributed by atoms with Crippen LogP contribution in [-0.4, -0.2) is 24.7 Å². The average molecular weight is 378 g/mol. The Labute approximate surface area is 166 Å². The Morgan fingerprint density at radius 2 is 1.50 bits per heavy atom. The minimum Gasteiger partial charge on any atom is -0.372 e. The second kappa shape index (κ2) is 14.8. The van der Waals surface area contributed by atoms with Gasteiger partial charge in [-0.1, -0.05) is 64.4 Å². The molecule has 4 heteroatoms. The summed E-state index contributed by atoms with van der Waals surface area (Å²) in [5.74, 6) is 0. The molecule has 0 spiro atoms. The summed E-state index contributed by atoms with van der Waals surface area (Å²) in [5.41, 5.74) is 2.29. The highest BCUT2D eigenvalue weighted by Crippen LogP contribution is 2.19. The van der Waals surface area contributed by atoms with E-state index < -0.39 is 0 Å². The fourth-order valence-corrected chi connectivity index (χ4v) is 3.40. The third-order valence-corrected chi connectivity index (χ3v) is 5.04. The number of nitrogens with one attached hydrogen (secondary N) is 2. The van der Waals surface area contributed by atoms with Gasteiger partial charge in [0.2, 0.25) is 0 Å². The molecule has 0 radical (unpaired) electrons. The molecular formula is C22H39N3S. The molecule has 0 aliphatic carbocycles. The zero-order valence-electron chi connectivity index (χ0n) is 17.2. The van der Waals surface area contributed by atoms with Crippen LogP contribution in [0.5, 0.6) is 0 Å². The summed E-state index contributed by atoms with van der Waals surface area (Å²) in [5, 5.41) is 7.37. The number of rotatable bonds is 14. The lowest BCUT2D eigenvalue weighted by atomic mass is 10.1. The summed E-state index contributed by atoms with van der Waals surface area (Å²) in [4.78, 5) is 2.34. The van der Waals surface area contributed by atoms with Gasteiger partial charge in [0.05, 0.1) is 0 Å². The van der Waals surface area contributed by atoms with Crippen molar-refractivity contribution in [1.82, 2.24) is 5.32 Å². The van der Waals surface area contributed by atoms with Crippen LogP contribution in [0.25, 0.3) is 0 Å². The molecule has 1 aromatic carbocycles. The van der Waals surface area contributed by atoms with Gasteiger partial charge in [-0.15, -0.1) is 0 Å². The highest BCUT2D eigenvalue weighted by Gasteiger charge is 2.03. The van der Waals surface area contributed by atoms with Crippen molar-refractivity contribution in [2.75, 3.05) is 29.9 Å². The van der Waals surface area contributed by atoms with Gasteiger partial charge in [-0.2, -0.15) is 0 Å². The molecule has 0 saturated carbocycles. The molecule has 0 fully saturated rings. The van der Waals surface area contributed by atoms with Crippen molar-refractivity contribution in [3.05, 3.63) is 24.3 Å². The van der Waals surface area contributed by atoms with Crippen LogP contribution in [0.3, 0.4) is 0 Å². The van der Waals surface area contributed by atoms with Gasteiger partial charge in [0.25, 0.3) is 0 Å². The third kappa shape index (κ3) is 10.0. The molecule has 0 heterocycles. The van der Waals surface area contributed by atoms with E-state index in [0.29, 0.717) is 0 Å². The van der Waals surface area contributed by atoms with Crippen molar-refractivity contribution >= 4 is 28.7 Å². The molecule has 0 bridgehead atoms. The first-order valence-electron chi connectivity index (χ1n) is 10.6. The van der Waals surface area contributed by atoms with Crippen LogP contribution in [0.15, 0.2) is 24.3 Å². The van der Waals surface area contributed by atoms with E-state index in [-0.39, 0.29) is 0 Å². The first kappa shape index (κ1) is 22.8. The largest absolute Gasteiger partial charge is 0.372 e. The van der Waals surface area contributed by atoms with Crippen LogP contribution in [0.2, 0.25) is 0 Å². The molecule has 0 saturated heterocycles. The maximum atomic E-state index is 5.43. The molecule has 1 rings (SSSR count). The topological polar surface area (TPSA) is 27.3 Å². The second-order valence-corrected chi connectivity index (χ2v) is 7.34. The Morgan fingerprint density at radius 1 is 0.885 bits per heavy atom. The van der Waals surface area contributed by atoms with Crippen LogP contribution < -0.4 is 15.5 Å². The summed E-state index contributed by atoms with van der Waals surface area (Å²) in [6, 6.07) is 8.47. The molecule has 2 N–H and O–H groups in total. The SMILES string of the molecule is CCCCCCCCCCCNC(=S)Nc1cccc(N(CC)CC)c1. The fraction of sp³-hybridized carbons (Fsp3) is 0.682. The van der Waals surface area contributed by atoms with Gasteiger partial charge in [0, 0.05) is 31.0 Å². The zero-order chi connectivity index (χ0) is 19.0. The maximum absolute atomic E-state index is 5.43. The highest BCUT2D eigenvalue weighted by molar-refractivity contribution is 7.80. The Kier molecular flexibility index (Phi) is 13.0. The van der Waals surface area contributed by atoms with E-state index in [1.165, 1.54) is 63.5 Å². The second-order valence-electron chi connectivity index (χ2n) is 6.93. The van der Waals surface area contributed by atoms with Crippen molar-refractivity contribution in [3.63, 3.8) is 0 Å². The summed E-state index contributed by atoms with van der Waals surface area (Å²) in [7, 11) is 0. The van der Waals surface area contributed by atoms with E-state index in [4.69, 9.17) is 12.2 Å². The summed E-state index contributed by atoms with van der Waals surface area (Å²) in [6.07, 6.45) is 12.2. The molecule has 0 aliphatic rings. The van der Waals surface area contributed by atoms with E-state index in [2.05, 4.69) is 60.6 Å². The van der Waals surface area contributed by atoms with Crippen molar-refractivity contribution in [2.24, 2.45) is 0 Å². The lowest BCUT2D eigenvalue weighted by Gasteiger charge is -2.22. The van der Waals surface area contributed by atoms with Gasteiger partial charge >= 0.3 is 0 Å². The molecule has 148 valence electrons. The van der Waals surface area contributed by atoms with Gasteiger partial charge in [0.1, 0.15) is 0 Å². The maximum Gasteiger partial charge on any atom is 0.170 e. The lowest BCUT2D eigenvalue weighted by Crippen LogP contribution is -2.29. The van der Waals surface area contributed by atoms with Gasteiger partial charge in [-0.05, 0) is 50.7 Å². The quantitative estimate of drug-likeness (QED) is 0.292. The average Bonchev–Trinajstić information content (AvgIpc) is 2.64. The first-order chi connectivity index (χ1) is 12.7. The Hall–Kier alpha value is -1.29. The number of anilines is 2. The van der Waals surface area contributed by atoms with Crippen LogP contribution in [0.1, 0.15) is 78.6 Å². The Morgan fingerprint density at radius 3 is 2.12 bits per heavy atom. The van der Waals surface area contributed by atoms with Crippen molar-refractivity contribution < 1.29 is 0 Å². The number of hydrogen-bond donors (Lipinski definition) is 2. The monoisotopic (exact) mass is 377 g/mol. The van der Waals surface area contributed by atoms with E-state index in [0.717, 1.165) is 30.4 Å².